The summed E-state index contributed by atoms with van der Waals surface area (Å²) in [6.07, 6.45) is 0. The van der Waals surface area contributed by atoms with Gasteiger partial charge in [-0.15, -0.1) is 0 Å². The molecule has 0 atom stereocenters. The van der Waals surface area contributed by atoms with Crippen LogP contribution in [0.25, 0.3) is 94.8 Å². The molecule has 0 aliphatic rings. The molecule has 3 nitrogen and oxygen atoms in total. The molecule has 8 aromatic carbocycles. The van der Waals surface area contributed by atoms with Crippen molar-refractivity contribution in [1.82, 2.24) is 14.5 Å². The predicted octanol–water partition coefficient (Wildman–Crippen LogP) is 13.6. The van der Waals surface area contributed by atoms with Crippen LogP contribution >= 0.6 is 0 Å². The van der Waals surface area contributed by atoms with Crippen LogP contribution in [-0.4, -0.2) is 14.5 Å². The number of hydrogen-bond acceptors (Lipinski definition) is 2. The molecule has 2 aromatic heterocycles. The lowest BCUT2D eigenvalue weighted by Gasteiger charge is -2.13. The van der Waals surface area contributed by atoms with Gasteiger partial charge in [-0.25, -0.2) is 9.97 Å². The second-order valence-corrected chi connectivity index (χ2v) is 13.9. The Labute approximate surface area is 320 Å². The summed E-state index contributed by atoms with van der Waals surface area (Å²) >= 11 is 0. The van der Waals surface area contributed by atoms with E-state index in [-0.39, 0.29) is 0 Å². The Morgan fingerprint density at radius 1 is 0.273 bits per heavy atom. The molecule has 0 amide bonds. The van der Waals surface area contributed by atoms with Crippen LogP contribution in [0.1, 0.15) is 0 Å². The second kappa shape index (κ2) is 13.9. The first-order valence-corrected chi connectivity index (χ1v) is 18.7. The van der Waals surface area contributed by atoms with Gasteiger partial charge in [0.15, 0.2) is 5.82 Å². The van der Waals surface area contributed by atoms with Gasteiger partial charge < -0.3 is 4.57 Å². The van der Waals surface area contributed by atoms with E-state index in [0.29, 0.717) is 5.82 Å². The van der Waals surface area contributed by atoms with E-state index in [1.165, 1.54) is 44.1 Å². The molecule has 0 unspecified atom stereocenters. The van der Waals surface area contributed by atoms with Crippen molar-refractivity contribution in [2.75, 3.05) is 0 Å². The van der Waals surface area contributed by atoms with Gasteiger partial charge in [0.2, 0.25) is 0 Å². The number of nitrogens with zero attached hydrogens (tertiary/aromatic N) is 3. The summed E-state index contributed by atoms with van der Waals surface area (Å²) in [4.78, 5) is 10.1. The molecular formula is C52H35N3. The topological polar surface area (TPSA) is 30.7 Å². The highest BCUT2D eigenvalue weighted by molar-refractivity contribution is 6.09. The molecule has 10 rings (SSSR count). The molecule has 0 aliphatic heterocycles. The summed E-state index contributed by atoms with van der Waals surface area (Å²) in [7, 11) is 0. The molecule has 0 saturated carbocycles. The normalized spacial score (nSPS) is 11.3. The Hall–Kier alpha value is -7.36. The molecule has 55 heavy (non-hydrogen) atoms. The Bertz CT molecular complexity index is 2820. The maximum atomic E-state index is 5.06. The highest BCUT2D eigenvalue weighted by atomic mass is 15.0. The minimum Gasteiger partial charge on any atom is -0.309 e. The third kappa shape index (κ3) is 6.18. The molecule has 2 heterocycles. The van der Waals surface area contributed by atoms with E-state index in [1.54, 1.807) is 0 Å². The first-order valence-electron chi connectivity index (χ1n) is 18.7. The quantitative estimate of drug-likeness (QED) is 0.166. The van der Waals surface area contributed by atoms with E-state index in [2.05, 4.69) is 180 Å². The standard InChI is InChI=1S/C52H35N3/c1-4-14-36(15-5-1)42-32-43(34-44(33-42)38-28-30-45(31-29-38)55-50-22-12-10-20-46(50)47-21-11-13-23-51(47)55)37-24-26-41(27-25-37)52-53-48(39-16-6-2-7-17-39)35-49(54-52)40-18-8-3-9-19-40/h1-35H. The molecule has 0 saturated heterocycles. The molecular weight excluding hydrogens is 667 g/mol. The van der Waals surface area contributed by atoms with Crippen LogP contribution in [-0.2, 0) is 0 Å². The van der Waals surface area contributed by atoms with E-state index >= 15 is 0 Å². The molecule has 0 spiro atoms. The van der Waals surface area contributed by atoms with Crippen molar-refractivity contribution >= 4 is 21.8 Å². The minimum absolute atomic E-state index is 0.703. The lowest BCUT2D eigenvalue weighted by molar-refractivity contribution is 1.18. The molecule has 0 bridgehead atoms. The van der Waals surface area contributed by atoms with Gasteiger partial charge >= 0.3 is 0 Å². The van der Waals surface area contributed by atoms with Crippen LogP contribution in [0.2, 0.25) is 0 Å². The number of benzene rings is 8. The predicted molar refractivity (Wildman–Crippen MR) is 229 cm³/mol. The summed E-state index contributed by atoms with van der Waals surface area (Å²) in [5, 5.41) is 2.53. The fourth-order valence-corrected chi connectivity index (χ4v) is 7.66. The van der Waals surface area contributed by atoms with Gasteiger partial charge in [-0.3, -0.25) is 0 Å². The number of rotatable bonds is 7. The van der Waals surface area contributed by atoms with Crippen LogP contribution in [0, 0.1) is 0 Å². The summed E-state index contributed by atoms with van der Waals surface area (Å²) < 4.78 is 2.36. The van der Waals surface area contributed by atoms with Gasteiger partial charge in [0.25, 0.3) is 0 Å². The number of para-hydroxylation sites is 2. The third-order valence-electron chi connectivity index (χ3n) is 10.4. The van der Waals surface area contributed by atoms with Crippen molar-refractivity contribution in [3.8, 4) is 73.0 Å². The van der Waals surface area contributed by atoms with Crippen molar-refractivity contribution in [2.24, 2.45) is 0 Å². The maximum Gasteiger partial charge on any atom is 0.160 e. The first-order chi connectivity index (χ1) is 27.2. The fourth-order valence-electron chi connectivity index (χ4n) is 7.66. The smallest absolute Gasteiger partial charge is 0.160 e. The van der Waals surface area contributed by atoms with Gasteiger partial charge in [0.05, 0.1) is 22.4 Å². The Balaban J connectivity index is 1.04. The molecule has 3 heteroatoms. The monoisotopic (exact) mass is 701 g/mol. The van der Waals surface area contributed by atoms with E-state index in [0.717, 1.165) is 44.9 Å². The van der Waals surface area contributed by atoms with Gasteiger partial charge in [0.1, 0.15) is 0 Å². The molecule has 0 fully saturated rings. The van der Waals surface area contributed by atoms with Gasteiger partial charge in [-0.2, -0.15) is 0 Å². The Kier molecular flexibility index (Phi) is 8.16. The van der Waals surface area contributed by atoms with E-state index in [1.807, 2.05) is 36.4 Å². The maximum absolute atomic E-state index is 5.06. The average molecular weight is 702 g/mol. The molecule has 0 radical (unpaired) electrons. The van der Waals surface area contributed by atoms with E-state index in [9.17, 15) is 0 Å². The number of fused-ring (bicyclic) bond motifs is 3. The minimum atomic E-state index is 0.703. The number of aromatic nitrogens is 3. The zero-order valence-electron chi connectivity index (χ0n) is 30.0. The lowest BCUT2D eigenvalue weighted by Crippen LogP contribution is -1.96. The second-order valence-electron chi connectivity index (χ2n) is 13.9. The Morgan fingerprint density at radius 2 is 0.636 bits per heavy atom. The van der Waals surface area contributed by atoms with Crippen molar-refractivity contribution in [1.29, 1.82) is 0 Å². The summed E-state index contributed by atoms with van der Waals surface area (Å²) in [6, 6.07) is 75.2. The first kappa shape index (κ1) is 32.3. The van der Waals surface area contributed by atoms with Crippen LogP contribution in [0.15, 0.2) is 212 Å². The summed E-state index contributed by atoms with van der Waals surface area (Å²) in [6.45, 7) is 0. The highest BCUT2D eigenvalue weighted by Gasteiger charge is 2.14. The summed E-state index contributed by atoms with van der Waals surface area (Å²) in [5.74, 6) is 0.703. The largest absolute Gasteiger partial charge is 0.309 e. The van der Waals surface area contributed by atoms with Crippen molar-refractivity contribution in [3.05, 3.63) is 212 Å². The SMILES string of the molecule is c1ccc(-c2cc(-c3ccc(-c4nc(-c5ccccc5)cc(-c5ccccc5)n4)cc3)cc(-c3ccc(-n4c5ccccc5c5ccccc54)cc3)c2)cc1. The van der Waals surface area contributed by atoms with Gasteiger partial charge in [-0.05, 0) is 81.9 Å². The van der Waals surface area contributed by atoms with Crippen molar-refractivity contribution in [2.45, 2.75) is 0 Å². The lowest BCUT2D eigenvalue weighted by atomic mass is 9.93. The highest BCUT2D eigenvalue weighted by Crippen LogP contribution is 2.36. The van der Waals surface area contributed by atoms with Crippen LogP contribution in [0.5, 0.6) is 0 Å². The van der Waals surface area contributed by atoms with Crippen molar-refractivity contribution in [3.63, 3.8) is 0 Å². The average Bonchev–Trinajstić information content (AvgIpc) is 3.61. The van der Waals surface area contributed by atoms with Crippen molar-refractivity contribution < 1.29 is 0 Å². The molecule has 0 N–H and O–H groups in total. The van der Waals surface area contributed by atoms with E-state index < -0.39 is 0 Å². The van der Waals surface area contributed by atoms with Crippen LogP contribution < -0.4 is 0 Å². The Morgan fingerprint density at radius 3 is 1.11 bits per heavy atom. The molecule has 0 aliphatic carbocycles. The zero-order chi connectivity index (χ0) is 36.6. The summed E-state index contributed by atoms with van der Waals surface area (Å²) in [5.41, 5.74) is 15.4. The van der Waals surface area contributed by atoms with Crippen LogP contribution in [0.3, 0.4) is 0 Å². The van der Waals surface area contributed by atoms with Gasteiger partial charge in [0, 0.05) is 33.2 Å². The fraction of sp³-hybridized carbons (Fsp3) is 0. The molecule has 258 valence electrons. The van der Waals surface area contributed by atoms with Crippen LogP contribution in [0.4, 0.5) is 0 Å². The number of hydrogen-bond donors (Lipinski definition) is 0. The molecule has 10 aromatic rings. The third-order valence-corrected chi connectivity index (χ3v) is 10.4. The van der Waals surface area contributed by atoms with Gasteiger partial charge in [-0.1, -0.05) is 164 Å². The zero-order valence-corrected chi connectivity index (χ0v) is 30.0. The van der Waals surface area contributed by atoms with E-state index in [4.69, 9.17) is 9.97 Å².